The molecule has 2 rings (SSSR count). The third-order valence-electron chi connectivity index (χ3n) is 3.76. The van der Waals surface area contributed by atoms with Gasteiger partial charge in [-0.1, -0.05) is 32.0 Å². The molecule has 1 heteroatoms. The Kier molecular flexibility index (Phi) is 3.08. The third-order valence-corrected chi connectivity index (χ3v) is 3.76. The second-order valence-electron chi connectivity index (χ2n) is 5.04. The molecule has 0 radical (unpaired) electrons. The summed E-state index contributed by atoms with van der Waals surface area (Å²) in [5, 5.41) is 0. The van der Waals surface area contributed by atoms with Crippen LogP contribution in [0, 0.1) is 17.7 Å². The second kappa shape index (κ2) is 4.34. The van der Waals surface area contributed by atoms with E-state index in [4.69, 9.17) is 0 Å². The molecule has 82 valence electrons. The highest BCUT2D eigenvalue weighted by molar-refractivity contribution is 5.22. The molecule has 0 spiro atoms. The van der Waals surface area contributed by atoms with E-state index >= 15 is 0 Å². The maximum absolute atomic E-state index is 13.6. The van der Waals surface area contributed by atoms with E-state index in [1.54, 1.807) is 12.1 Å². The Bertz CT molecular complexity index is 330. The highest BCUT2D eigenvalue weighted by atomic mass is 19.1. The topological polar surface area (TPSA) is 0 Å². The first-order valence-corrected chi connectivity index (χ1v) is 5.93. The molecule has 2 atom stereocenters. The van der Waals surface area contributed by atoms with Crippen LogP contribution in [-0.4, -0.2) is 0 Å². The van der Waals surface area contributed by atoms with Crippen molar-refractivity contribution in [2.24, 2.45) is 11.8 Å². The zero-order valence-electron chi connectivity index (χ0n) is 9.54. The van der Waals surface area contributed by atoms with Crippen LogP contribution in [0.1, 0.15) is 44.6 Å². The van der Waals surface area contributed by atoms with Crippen molar-refractivity contribution in [3.63, 3.8) is 0 Å². The van der Waals surface area contributed by atoms with E-state index in [0.717, 1.165) is 23.8 Å². The van der Waals surface area contributed by atoms with Crippen molar-refractivity contribution in [2.75, 3.05) is 0 Å². The lowest BCUT2D eigenvalue weighted by molar-refractivity contribution is 0.390. The van der Waals surface area contributed by atoms with Crippen LogP contribution in [0.25, 0.3) is 0 Å². The summed E-state index contributed by atoms with van der Waals surface area (Å²) in [6.07, 6.45) is 3.58. The fourth-order valence-electron chi connectivity index (χ4n) is 2.71. The Labute approximate surface area is 91.5 Å². The zero-order chi connectivity index (χ0) is 10.8. The Morgan fingerprint density at radius 2 is 1.93 bits per heavy atom. The van der Waals surface area contributed by atoms with Gasteiger partial charge in [0.1, 0.15) is 5.82 Å². The van der Waals surface area contributed by atoms with Crippen molar-refractivity contribution in [1.29, 1.82) is 0 Å². The van der Waals surface area contributed by atoms with Gasteiger partial charge in [0.2, 0.25) is 0 Å². The van der Waals surface area contributed by atoms with Crippen molar-refractivity contribution < 1.29 is 4.39 Å². The first kappa shape index (κ1) is 10.7. The molecule has 0 nitrogen and oxygen atoms in total. The molecule has 1 fully saturated rings. The van der Waals surface area contributed by atoms with E-state index in [0.29, 0.717) is 5.92 Å². The monoisotopic (exact) mass is 206 g/mol. The molecule has 15 heavy (non-hydrogen) atoms. The van der Waals surface area contributed by atoms with Crippen LogP contribution in [0.3, 0.4) is 0 Å². The first-order valence-electron chi connectivity index (χ1n) is 5.93. The van der Waals surface area contributed by atoms with Gasteiger partial charge in [0, 0.05) is 0 Å². The van der Waals surface area contributed by atoms with Gasteiger partial charge in [-0.25, -0.2) is 4.39 Å². The van der Waals surface area contributed by atoms with Crippen molar-refractivity contribution in [2.45, 2.75) is 39.0 Å². The van der Waals surface area contributed by atoms with Crippen molar-refractivity contribution >= 4 is 0 Å². The number of hydrogen-bond acceptors (Lipinski definition) is 0. The lowest BCUT2D eigenvalue weighted by Crippen LogP contribution is -2.04. The van der Waals surface area contributed by atoms with Crippen LogP contribution in [-0.2, 0) is 0 Å². The van der Waals surface area contributed by atoms with E-state index in [9.17, 15) is 4.39 Å². The Morgan fingerprint density at radius 1 is 1.20 bits per heavy atom. The lowest BCUT2D eigenvalue weighted by atomic mass is 9.91. The number of halogens is 1. The predicted molar refractivity (Wildman–Crippen MR) is 61.3 cm³/mol. The molecule has 0 aliphatic heterocycles. The van der Waals surface area contributed by atoms with Crippen LogP contribution in [0.4, 0.5) is 4.39 Å². The molecule has 0 bridgehead atoms. The van der Waals surface area contributed by atoms with Gasteiger partial charge in [0.25, 0.3) is 0 Å². The molecule has 0 aromatic heterocycles. The van der Waals surface area contributed by atoms with Crippen LogP contribution < -0.4 is 0 Å². The quantitative estimate of drug-likeness (QED) is 0.674. The molecule has 1 aliphatic carbocycles. The summed E-state index contributed by atoms with van der Waals surface area (Å²) >= 11 is 0. The number of benzene rings is 1. The molecule has 0 saturated heterocycles. The fourth-order valence-corrected chi connectivity index (χ4v) is 2.71. The minimum absolute atomic E-state index is 0.0214. The molecular formula is C14H19F. The van der Waals surface area contributed by atoms with Crippen molar-refractivity contribution in [3.05, 3.63) is 35.6 Å². The molecule has 0 amide bonds. The number of rotatable bonds is 2. The zero-order valence-corrected chi connectivity index (χ0v) is 9.54. The average molecular weight is 206 g/mol. The maximum Gasteiger partial charge on any atom is 0.126 e. The second-order valence-corrected chi connectivity index (χ2v) is 5.04. The largest absolute Gasteiger partial charge is 0.207 e. The molecule has 1 aliphatic rings. The van der Waals surface area contributed by atoms with Crippen molar-refractivity contribution in [1.82, 2.24) is 0 Å². The van der Waals surface area contributed by atoms with Gasteiger partial charge in [-0.05, 0) is 48.6 Å². The minimum Gasteiger partial charge on any atom is -0.207 e. The van der Waals surface area contributed by atoms with Crippen LogP contribution in [0.15, 0.2) is 24.3 Å². The fraction of sp³-hybridized carbons (Fsp3) is 0.571. The summed E-state index contributed by atoms with van der Waals surface area (Å²) in [6, 6.07) is 7.25. The molecule has 1 aromatic carbocycles. The van der Waals surface area contributed by atoms with Gasteiger partial charge in [0.15, 0.2) is 0 Å². The predicted octanol–water partition coefficient (Wildman–Crippen LogP) is 4.37. The highest BCUT2D eigenvalue weighted by Gasteiger charge is 2.28. The summed E-state index contributed by atoms with van der Waals surface area (Å²) in [4.78, 5) is 0. The van der Waals surface area contributed by atoms with E-state index in [1.807, 2.05) is 12.1 Å². The maximum atomic E-state index is 13.6. The minimum atomic E-state index is -0.0214. The smallest absolute Gasteiger partial charge is 0.126 e. The van der Waals surface area contributed by atoms with Crippen LogP contribution >= 0.6 is 0 Å². The summed E-state index contributed by atoms with van der Waals surface area (Å²) in [5.74, 6) is 1.96. The van der Waals surface area contributed by atoms with Gasteiger partial charge in [-0.15, -0.1) is 0 Å². The van der Waals surface area contributed by atoms with E-state index in [1.165, 1.54) is 12.8 Å². The standard InChI is InChI=1S/C14H19F/c1-10(2)11-7-8-12(9-11)13-5-3-4-6-14(13)15/h3-6,10-12H,7-9H2,1-2H3/t11-,12-/m1/s1. The van der Waals surface area contributed by atoms with Gasteiger partial charge in [-0.2, -0.15) is 0 Å². The molecular weight excluding hydrogens is 187 g/mol. The summed E-state index contributed by atoms with van der Waals surface area (Å²) in [7, 11) is 0. The SMILES string of the molecule is CC(C)[C@@H]1CC[C@@H](c2ccccc2F)C1. The number of hydrogen-bond donors (Lipinski definition) is 0. The van der Waals surface area contributed by atoms with E-state index < -0.39 is 0 Å². The Hall–Kier alpha value is -0.850. The normalized spacial score (nSPS) is 26.1. The van der Waals surface area contributed by atoms with E-state index in [-0.39, 0.29) is 5.82 Å². The van der Waals surface area contributed by atoms with E-state index in [2.05, 4.69) is 13.8 Å². The van der Waals surface area contributed by atoms with Gasteiger partial charge in [0.05, 0.1) is 0 Å². The Balaban J connectivity index is 2.11. The lowest BCUT2D eigenvalue weighted by Gasteiger charge is -2.15. The molecule has 1 aromatic rings. The molecule has 0 unspecified atom stereocenters. The van der Waals surface area contributed by atoms with Crippen molar-refractivity contribution in [3.8, 4) is 0 Å². The summed E-state index contributed by atoms with van der Waals surface area (Å²) < 4.78 is 13.6. The third kappa shape index (κ3) is 2.22. The summed E-state index contributed by atoms with van der Waals surface area (Å²) in [6.45, 7) is 4.54. The van der Waals surface area contributed by atoms with Gasteiger partial charge >= 0.3 is 0 Å². The summed E-state index contributed by atoms with van der Waals surface area (Å²) in [5.41, 5.74) is 0.931. The molecule has 0 N–H and O–H groups in total. The van der Waals surface area contributed by atoms with Gasteiger partial charge in [-0.3, -0.25) is 0 Å². The first-order chi connectivity index (χ1) is 7.18. The Morgan fingerprint density at radius 3 is 2.53 bits per heavy atom. The van der Waals surface area contributed by atoms with Crippen LogP contribution in [0.5, 0.6) is 0 Å². The van der Waals surface area contributed by atoms with Crippen LogP contribution in [0.2, 0.25) is 0 Å². The molecule has 0 heterocycles. The molecule has 1 saturated carbocycles. The van der Waals surface area contributed by atoms with Gasteiger partial charge < -0.3 is 0 Å². The average Bonchev–Trinajstić information content (AvgIpc) is 2.67. The highest BCUT2D eigenvalue weighted by Crippen LogP contribution is 2.42.